The number of sulfonamides is 1. The van der Waals surface area contributed by atoms with E-state index in [-0.39, 0.29) is 10.7 Å². The lowest BCUT2D eigenvalue weighted by Gasteiger charge is -2.06. The highest BCUT2D eigenvalue weighted by Gasteiger charge is 2.15. The summed E-state index contributed by atoms with van der Waals surface area (Å²) in [5, 5.41) is 3.63. The van der Waals surface area contributed by atoms with E-state index in [4.69, 9.17) is 4.52 Å². The van der Waals surface area contributed by atoms with E-state index in [1.165, 1.54) is 18.9 Å². The topological polar surface area (TPSA) is 72.2 Å². The van der Waals surface area contributed by atoms with Gasteiger partial charge in [0.25, 0.3) is 10.0 Å². The Bertz CT molecular complexity index is 675. The summed E-state index contributed by atoms with van der Waals surface area (Å²) in [6, 6.07) is 8.50. The van der Waals surface area contributed by atoms with Gasteiger partial charge >= 0.3 is 0 Å². The summed E-state index contributed by atoms with van der Waals surface area (Å²) in [5.41, 5.74) is 1.15. The number of hydrogen-bond donors (Lipinski definition) is 1. The molecule has 1 aromatic heterocycles. The highest BCUT2D eigenvalue weighted by atomic mass is 32.2. The third-order valence-electron chi connectivity index (χ3n) is 3.17. The molecule has 2 rings (SSSR count). The zero-order chi connectivity index (χ0) is 15.3. The van der Waals surface area contributed by atoms with Gasteiger partial charge in [0.15, 0.2) is 5.82 Å². The molecule has 0 saturated carbocycles. The van der Waals surface area contributed by atoms with Gasteiger partial charge in [0.2, 0.25) is 0 Å². The second-order valence-corrected chi connectivity index (χ2v) is 6.71. The van der Waals surface area contributed by atoms with Crippen LogP contribution in [0, 0.1) is 6.92 Å². The lowest BCUT2D eigenvalue weighted by atomic mass is 10.1. The van der Waals surface area contributed by atoms with Crippen LogP contribution >= 0.6 is 0 Å². The highest BCUT2D eigenvalue weighted by molar-refractivity contribution is 7.92. The SMILES string of the molecule is CCCCCc1ccc(S(=O)(=O)Nc2cc(C)on2)cc1. The van der Waals surface area contributed by atoms with Crippen LogP contribution in [0.15, 0.2) is 39.8 Å². The average Bonchev–Trinajstić information content (AvgIpc) is 2.84. The fourth-order valence-corrected chi connectivity index (χ4v) is 3.01. The van der Waals surface area contributed by atoms with E-state index in [0.29, 0.717) is 5.76 Å². The smallest absolute Gasteiger partial charge is 0.263 e. The summed E-state index contributed by atoms with van der Waals surface area (Å²) >= 11 is 0. The minimum absolute atomic E-state index is 0.194. The van der Waals surface area contributed by atoms with Gasteiger partial charge in [-0.2, -0.15) is 0 Å². The predicted octanol–water partition coefficient (Wildman–Crippen LogP) is 3.52. The van der Waals surface area contributed by atoms with Crippen molar-refractivity contribution in [3.8, 4) is 0 Å². The largest absolute Gasteiger partial charge is 0.360 e. The number of anilines is 1. The number of benzene rings is 1. The maximum atomic E-state index is 12.2. The number of hydrogen-bond acceptors (Lipinski definition) is 4. The van der Waals surface area contributed by atoms with Crippen LogP contribution < -0.4 is 4.72 Å². The van der Waals surface area contributed by atoms with Crippen LogP contribution in [0.3, 0.4) is 0 Å². The second kappa shape index (κ2) is 6.76. The van der Waals surface area contributed by atoms with Crippen molar-refractivity contribution in [3.05, 3.63) is 41.7 Å². The van der Waals surface area contributed by atoms with Crippen molar-refractivity contribution in [1.29, 1.82) is 0 Å². The number of unbranched alkanes of at least 4 members (excludes halogenated alkanes) is 2. The van der Waals surface area contributed by atoms with E-state index in [1.54, 1.807) is 19.1 Å². The molecule has 114 valence electrons. The number of rotatable bonds is 7. The number of nitrogens with zero attached hydrogens (tertiary/aromatic N) is 1. The van der Waals surface area contributed by atoms with Gasteiger partial charge in [-0.3, -0.25) is 4.72 Å². The number of nitrogens with one attached hydrogen (secondary N) is 1. The van der Waals surface area contributed by atoms with Crippen molar-refractivity contribution in [3.63, 3.8) is 0 Å². The van der Waals surface area contributed by atoms with Crippen LogP contribution in [-0.4, -0.2) is 13.6 Å². The lowest BCUT2D eigenvalue weighted by molar-refractivity contribution is 0.400. The molecule has 21 heavy (non-hydrogen) atoms. The van der Waals surface area contributed by atoms with Crippen molar-refractivity contribution in [2.45, 2.75) is 44.4 Å². The van der Waals surface area contributed by atoms with Gasteiger partial charge in [-0.05, 0) is 37.5 Å². The maximum Gasteiger partial charge on any atom is 0.263 e. The van der Waals surface area contributed by atoms with Crippen molar-refractivity contribution < 1.29 is 12.9 Å². The summed E-state index contributed by atoms with van der Waals surface area (Å²) in [5.74, 6) is 0.749. The quantitative estimate of drug-likeness (QED) is 0.794. The molecule has 1 aromatic carbocycles. The minimum Gasteiger partial charge on any atom is -0.360 e. The standard InChI is InChI=1S/C15H20N2O3S/c1-3-4-5-6-13-7-9-14(10-8-13)21(18,19)17-15-11-12(2)20-16-15/h7-11H,3-6H2,1-2H3,(H,16,17). The first-order chi connectivity index (χ1) is 10.0. The number of aromatic nitrogens is 1. The van der Waals surface area contributed by atoms with Crippen molar-refractivity contribution in [2.75, 3.05) is 4.72 Å². The normalized spacial score (nSPS) is 11.5. The molecule has 0 unspecified atom stereocenters. The molecule has 0 aliphatic carbocycles. The third-order valence-corrected chi connectivity index (χ3v) is 4.54. The van der Waals surface area contributed by atoms with Crippen molar-refractivity contribution in [2.24, 2.45) is 0 Å². The van der Waals surface area contributed by atoms with Gasteiger partial charge < -0.3 is 4.52 Å². The Morgan fingerprint density at radius 3 is 2.48 bits per heavy atom. The molecule has 0 fully saturated rings. The van der Waals surface area contributed by atoms with Crippen molar-refractivity contribution >= 4 is 15.8 Å². The summed E-state index contributed by atoms with van der Waals surface area (Å²) in [7, 11) is -3.61. The zero-order valence-corrected chi connectivity index (χ0v) is 13.1. The molecule has 6 heteroatoms. The van der Waals surface area contributed by atoms with E-state index in [1.807, 2.05) is 12.1 Å². The molecule has 1 N–H and O–H groups in total. The van der Waals surface area contributed by atoms with Gasteiger partial charge in [-0.25, -0.2) is 8.42 Å². The Morgan fingerprint density at radius 2 is 1.90 bits per heavy atom. The van der Waals surface area contributed by atoms with Crippen LogP contribution in [0.2, 0.25) is 0 Å². The summed E-state index contributed by atoms with van der Waals surface area (Å²) in [6.45, 7) is 3.86. The summed E-state index contributed by atoms with van der Waals surface area (Å²) in [6.07, 6.45) is 4.46. The molecule has 0 bridgehead atoms. The first-order valence-electron chi connectivity index (χ1n) is 7.06. The predicted molar refractivity (Wildman–Crippen MR) is 81.7 cm³/mol. The van der Waals surface area contributed by atoms with Crippen LogP contribution in [0.1, 0.15) is 37.5 Å². The Labute approximate surface area is 125 Å². The van der Waals surface area contributed by atoms with E-state index in [9.17, 15) is 8.42 Å². The average molecular weight is 308 g/mol. The number of aryl methyl sites for hydroxylation is 2. The minimum atomic E-state index is -3.61. The Balaban J connectivity index is 2.06. The van der Waals surface area contributed by atoms with E-state index in [2.05, 4.69) is 16.8 Å². The Morgan fingerprint density at radius 1 is 1.19 bits per heavy atom. The van der Waals surface area contributed by atoms with E-state index >= 15 is 0 Å². The first-order valence-corrected chi connectivity index (χ1v) is 8.54. The van der Waals surface area contributed by atoms with Crippen molar-refractivity contribution in [1.82, 2.24) is 5.16 Å². The highest BCUT2D eigenvalue weighted by Crippen LogP contribution is 2.17. The fraction of sp³-hybridized carbons (Fsp3) is 0.400. The van der Waals surface area contributed by atoms with Gasteiger partial charge in [0.1, 0.15) is 5.76 Å². The molecule has 0 amide bonds. The Kier molecular flexibility index (Phi) is 5.01. The fourth-order valence-electron chi connectivity index (χ4n) is 2.03. The molecular weight excluding hydrogens is 288 g/mol. The summed E-state index contributed by atoms with van der Waals surface area (Å²) in [4.78, 5) is 0.224. The van der Waals surface area contributed by atoms with Gasteiger partial charge in [0, 0.05) is 6.07 Å². The molecule has 0 radical (unpaired) electrons. The molecule has 2 aromatic rings. The third kappa shape index (κ3) is 4.32. The Hall–Kier alpha value is -1.82. The molecule has 0 aliphatic rings. The van der Waals surface area contributed by atoms with Crippen LogP contribution in [0.5, 0.6) is 0 Å². The van der Waals surface area contributed by atoms with Crippen LogP contribution in [0.25, 0.3) is 0 Å². The van der Waals surface area contributed by atoms with Gasteiger partial charge in [-0.1, -0.05) is 37.1 Å². The first kappa shape index (κ1) is 15.6. The molecular formula is C15H20N2O3S. The maximum absolute atomic E-state index is 12.2. The van der Waals surface area contributed by atoms with Gasteiger partial charge in [0.05, 0.1) is 4.90 Å². The van der Waals surface area contributed by atoms with E-state index in [0.717, 1.165) is 18.4 Å². The molecule has 0 spiro atoms. The summed E-state index contributed by atoms with van der Waals surface area (Å²) < 4.78 is 31.6. The molecule has 0 atom stereocenters. The molecule has 1 heterocycles. The zero-order valence-electron chi connectivity index (χ0n) is 12.3. The molecule has 5 nitrogen and oxygen atoms in total. The van der Waals surface area contributed by atoms with E-state index < -0.39 is 10.0 Å². The lowest BCUT2D eigenvalue weighted by Crippen LogP contribution is -2.13. The second-order valence-electron chi connectivity index (χ2n) is 5.03. The van der Waals surface area contributed by atoms with Crippen LogP contribution in [-0.2, 0) is 16.4 Å². The molecule has 0 saturated heterocycles. The monoisotopic (exact) mass is 308 g/mol. The van der Waals surface area contributed by atoms with Gasteiger partial charge in [-0.15, -0.1) is 0 Å². The molecule has 0 aliphatic heterocycles. The van der Waals surface area contributed by atoms with Crippen LogP contribution in [0.4, 0.5) is 5.82 Å².